The number of amides is 1. The lowest BCUT2D eigenvalue weighted by molar-refractivity contribution is 0.0947. The molecular formula is C26H21N3O4. The van der Waals surface area contributed by atoms with E-state index in [1.165, 1.54) is 6.20 Å². The lowest BCUT2D eigenvalue weighted by Gasteiger charge is -2.12. The number of carbonyl (C=O) groups excluding carboxylic acids is 1. The van der Waals surface area contributed by atoms with Gasteiger partial charge in [-0.15, -0.1) is 0 Å². The van der Waals surface area contributed by atoms with E-state index in [0.29, 0.717) is 29.6 Å². The molecule has 0 saturated heterocycles. The molecule has 33 heavy (non-hydrogen) atoms. The van der Waals surface area contributed by atoms with E-state index in [9.17, 15) is 4.79 Å². The number of nitrogens with one attached hydrogen (secondary N) is 1. The molecule has 0 saturated carbocycles. The van der Waals surface area contributed by atoms with Gasteiger partial charge in [0.1, 0.15) is 11.3 Å². The van der Waals surface area contributed by atoms with Crippen molar-refractivity contribution in [3.63, 3.8) is 0 Å². The van der Waals surface area contributed by atoms with E-state index in [-0.39, 0.29) is 24.1 Å². The van der Waals surface area contributed by atoms with Crippen LogP contribution >= 0.6 is 0 Å². The highest BCUT2D eigenvalue weighted by atomic mass is 16.7. The molecule has 0 bridgehead atoms. The van der Waals surface area contributed by atoms with Crippen molar-refractivity contribution in [1.29, 1.82) is 0 Å². The predicted octanol–water partition coefficient (Wildman–Crippen LogP) is 4.90. The fourth-order valence-electron chi connectivity index (χ4n) is 3.37. The minimum Gasteiger partial charge on any atom is -0.454 e. The highest BCUT2D eigenvalue weighted by Gasteiger charge is 2.20. The Morgan fingerprint density at radius 1 is 1.00 bits per heavy atom. The van der Waals surface area contributed by atoms with Gasteiger partial charge in [-0.3, -0.25) is 4.79 Å². The summed E-state index contributed by atoms with van der Waals surface area (Å²) in [7, 11) is 0. The van der Waals surface area contributed by atoms with E-state index in [1.807, 2.05) is 61.5 Å². The van der Waals surface area contributed by atoms with E-state index < -0.39 is 0 Å². The quantitative estimate of drug-likeness (QED) is 0.460. The summed E-state index contributed by atoms with van der Waals surface area (Å²) in [6.07, 6.45) is 1.49. The van der Waals surface area contributed by atoms with E-state index >= 15 is 0 Å². The van der Waals surface area contributed by atoms with Crippen molar-refractivity contribution in [3.05, 3.63) is 95.7 Å². The zero-order chi connectivity index (χ0) is 22.6. The van der Waals surface area contributed by atoms with Crippen LogP contribution in [0.25, 0.3) is 11.4 Å². The molecule has 0 aliphatic carbocycles. The molecule has 0 unspecified atom stereocenters. The van der Waals surface area contributed by atoms with Gasteiger partial charge >= 0.3 is 0 Å². The average molecular weight is 439 g/mol. The first kappa shape index (κ1) is 20.5. The lowest BCUT2D eigenvalue weighted by atomic mass is 10.1. The number of ether oxygens (including phenoxy) is 3. The molecule has 0 fully saturated rings. The zero-order valence-electron chi connectivity index (χ0n) is 17.9. The molecule has 1 N–H and O–H groups in total. The van der Waals surface area contributed by atoms with Crippen LogP contribution in [0.5, 0.6) is 23.1 Å². The minimum absolute atomic E-state index is 0.157. The third kappa shape index (κ3) is 4.62. The van der Waals surface area contributed by atoms with Gasteiger partial charge in [0.2, 0.25) is 12.7 Å². The molecule has 7 heteroatoms. The summed E-state index contributed by atoms with van der Waals surface area (Å²) in [6.45, 7) is 2.55. The van der Waals surface area contributed by atoms with Crippen molar-refractivity contribution in [2.24, 2.45) is 0 Å². The number of benzene rings is 3. The minimum atomic E-state index is -0.329. The number of aromatic nitrogens is 2. The Kier molecular flexibility index (Phi) is 5.59. The van der Waals surface area contributed by atoms with Crippen LogP contribution in [-0.2, 0) is 6.54 Å². The molecule has 7 nitrogen and oxygen atoms in total. The van der Waals surface area contributed by atoms with Crippen LogP contribution in [0.15, 0.2) is 79.0 Å². The van der Waals surface area contributed by atoms with Gasteiger partial charge in [0.25, 0.3) is 5.91 Å². The van der Waals surface area contributed by atoms with Gasteiger partial charge in [-0.25, -0.2) is 4.98 Å². The maximum Gasteiger partial charge on any atom is 0.258 e. The van der Waals surface area contributed by atoms with Crippen LogP contribution in [0.3, 0.4) is 0 Å². The summed E-state index contributed by atoms with van der Waals surface area (Å²) in [5.74, 6) is 1.99. The molecule has 1 aromatic heterocycles. The van der Waals surface area contributed by atoms with Gasteiger partial charge in [0, 0.05) is 24.4 Å². The second kappa shape index (κ2) is 9.00. The van der Waals surface area contributed by atoms with Gasteiger partial charge in [-0.1, -0.05) is 60.2 Å². The smallest absolute Gasteiger partial charge is 0.258 e. The SMILES string of the molecule is Cc1ccc(-c2ncc(C(=O)NCc3ccccc3)c(Oc3ccc4c(c3)OCO4)n2)cc1. The Morgan fingerprint density at radius 2 is 1.79 bits per heavy atom. The molecule has 0 radical (unpaired) electrons. The number of hydrogen-bond acceptors (Lipinski definition) is 6. The molecule has 1 aliphatic rings. The summed E-state index contributed by atoms with van der Waals surface area (Å²) >= 11 is 0. The van der Waals surface area contributed by atoms with Gasteiger partial charge in [-0.2, -0.15) is 4.98 Å². The number of nitrogens with zero attached hydrogens (tertiary/aromatic N) is 2. The van der Waals surface area contributed by atoms with E-state index in [2.05, 4.69) is 15.3 Å². The second-order valence-corrected chi connectivity index (χ2v) is 7.56. The van der Waals surface area contributed by atoms with Gasteiger partial charge in [0.05, 0.1) is 0 Å². The third-order valence-electron chi connectivity index (χ3n) is 5.16. The molecule has 3 aromatic carbocycles. The largest absolute Gasteiger partial charge is 0.454 e. The van der Waals surface area contributed by atoms with E-state index in [0.717, 1.165) is 16.7 Å². The van der Waals surface area contributed by atoms with Crippen LogP contribution in [0.1, 0.15) is 21.5 Å². The number of fused-ring (bicyclic) bond motifs is 1. The zero-order valence-corrected chi connectivity index (χ0v) is 17.9. The summed E-state index contributed by atoms with van der Waals surface area (Å²) in [5.41, 5.74) is 3.18. The molecule has 2 heterocycles. The molecule has 0 atom stereocenters. The Morgan fingerprint density at radius 3 is 2.61 bits per heavy atom. The van der Waals surface area contributed by atoms with Gasteiger partial charge in [-0.05, 0) is 24.6 Å². The molecular weight excluding hydrogens is 418 g/mol. The normalized spacial score (nSPS) is 11.8. The summed E-state index contributed by atoms with van der Waals surface area (Å²) in [4.78, 5) is 22.0. The van der Waals surface area contributed by atoms with Crippen LogP contribution in [-0.4, -0.2) is 22.7 Å². The van der Waals surface area contributed by atoms with Gasteiger partial charge < -0.3 is 19.5 Å². The molecule has 1 aliphatic heterocycles. The first-order valence-corrected chi connectivity index (χ1v) is 10.5. The van der Waals surface area contributed by atoms with Crippen LogP contribution in [0.2, 0.25) is 0 Å². The van der Waals surface area contributed by atoms with Crippen molar-refractivity contribution in [1.82, 2.24) is 15.3 Å². The molecule has 0 spiro atoms. The number of rotatable bonds is 6. The Labute approximate surface area is 191 Å². The second-order valence-electron chi connectivity index (χ2n) is 7.56. The third-order valence-corrected chi connectivity index (χ3v) is 5.16. The highest BCUT2D eigenvalue weighted by molar-refractivity contribution is 5.96. The van der Waals surface area contributed by atoms with Crippen molar-refractivity contribution in [2.45, 2.75) is 13.5 Å². The van der Waals surface area contributed by atoms with Crippen LogP contribution < -0.4 is 19.5 Å². The first-order valence-electron chi connectivity index (χ1n) is 10.5. The standard InChI is InChI=1S/C26H21N3O4/c1-17-7-9-19(10-8-17)24-27-15-21(25(30)28-14-18-5-3-2-4-6-18)26(29-24)33-20-11-12-22-23(13-20)32-16-31-22/h2-13,15H,14,16H2,1H3,(H,28,30). The molecule has 4 aromatic rings. The van der Waals surface area contributed by atoms with Crippen molar-refractivity contribution in [2.75, 3.05) is 6.79 Å². The maximum absolute atomic E-state index is 13.0. The van der Waals surface area contributed by atoms with Gasteiger partial charge in [0.15, 0.2) is 17.3 Å². The van der Waals surface area contributed by atoms with Crippen molar-refractivity contribution in [3.8, 4) is 34.5 Å². The average Bonchev–Trinajstić information content (AvgIpc) is 3.32. The fourth-order valence-corrected chi connectivity index (χ4v) is 3.37. The number of carbonyl (C=O) groups is 1. The lowest BCUT2D eigenvalue weighted by Crippen LogP contribution is -2.24. The van der Waals surface area contributed by atoms with Crippen molar-refractivity contribution >= 4 is 5.91 Å². The Bertz CT molecular complexity index is 1290. The van der Waals surface area contributed by atoms with Crippen molar-refractivity contribution < 1.29 is 19.0 Å². The Hall–Kier alpha value is -4.39. The molecule has 1 amide bonds. The molecule has 164 valence electrons. The topological polar surface area (TPSA) is 82.6 Å². The monoisotopic (exact) mass is 439 g/mol. The molecule has 5 rings (SSSR count). The summed E-state index contributed by atoms with van der Waals surface area (Å²) in [5, 5.41) is 2.91. The number of hydrogen-bond donors (Lipinski definition) is 1. The maximum atomic E-state index is 13.0. The fraction of sp³-hybridized carbons (Fsp3) is 0.115. The summed E-state index contributed by atoms with van der Waals surface area (Å²) in [6, 6.07) is 22.7. The van der Waals surface area contributed by atoms with Crippen LogP contribution in [0.4, 0.5) is 0 Å². The first-order chi connectivity index (χ1) is 16.2. The predicted molar refractivity (Wildman–Crippen MR) is 122 cm³/mol. The number of aryl methyl sites for hydroxylation is 1. The Balaban J connectivity index is 1.46. The highest BCUT2D eigenvalue weighted by Crippen LogP contribution is 2.37. The van der Waals surface area contributed by atoms with E-state index in [1.54, 1.807) is 18.2 Å². The summed E-state index contributed by atoms with van der Waals surface area (Å²) < 4.78 is 16.8. The van der Waals surface area contributed by atoms with E-state index in [4.69, 9.17) is 14.2 Å². The van der Waals surface area contributed by atoms with Crippen LogP contribution in [0, 0.1) is 6.92 Å².